The summed E-state index contributed by atoms with van der Waals surface area (Å²) in [6.45, 7) is 3.79. The second-order valence-corrected chi connectivity index (χ2v) is 6.05. The molecule has 0 saturated heterocycles. The molecule has 136 valence electrons. The first-order valence-corrected chi connectivity index (χ1v) is 8.35. The number of benzene rings is 2. The molecule has 0 aromatic heterocycles. The molecule has 0 aliphatic carbocycles. The maximum atomic E-state index is 12.7. The second kappa shape index (κ2) is 7.52. The lowest BCUT2D eigenvalue weighted by atomic mass is 9.76. The minimum absolute atomic E-state index is 0.236. The lowest BCUT2D eigenvalue weighted by molar-refractivity contribution is -0.140. The van der Waals surface area contributed by atoms with Crippen molar-refractivity contribution in [2.24, 2.45) is 5.92 Å². The number of ether oxygens (including phenoxy) is 4. The van der Waals surface area contributed by atoms with E-state index in [9.17, 15) is 4.79 Å². The van der Waals surface area contributed by atoms with E-state index in [1.807, 2.05) is 24.3 Å². The summed E-state index contributed by atoms with van der Waals surface area (Å²) in [4.78, 5) is 12.7. The Morgan fingerprint density at radius 1 is 1.08 bits per heavy atom. The van der Waals surface area contributed by atoms with Crippen molar-refractivity contribution in [3.63, 3.8) is 0 Å². The van der Waals surface area contributed by atoms with Gasteiger partial charge in [0.25, 0.3) is 0 Å². The summed E-state index contributed by atoms with van der Waals surface area (Å²) >= 11 is 0. The molecule has 1 aliphatic heterocycles. The second-order valence-electron chi connectivity index (χ2n) is 6.05. The average molecular weight is 354 g/mol. The average Bonchev–Trinajstić information content (AvgIpc) is 2.67. The monoisotopic (exact) mass is 354 g/mol. The molecule has 2 aromatic carbocycles. The molecule has 0 amide bonds. The van der Waals surface area contributed by atoms with Crippen LogP contribution in [0.25, 0.3) is 0 Å². The van der Waals surface area contributed by atoms with Crippen LogP contribution in [-0.4, -0.2) is 27.3 Å². The van der Waals surface area contributed by atoms with Gasteiger partial charge in [-0.25, -0.2) is 0 Å². The van der Waals surface area contributed by atoms with E-state index >= 15 is 0 Å². The van der Waals surface area contributed by atoms with Gasteiger partial charge in [0.05, 0.1) is 27.2 Å². The van der Waals surface area contributed by atoms with E-state index in [0.29, 0.717) is 23.7 Å². The van der Waals surface area contributed by atoms with Crippen molar-refractivity contribution < 1.29 is 23.7 Å². The molecule has 5 nitrogen and oxygen atoms in total. The van der Waals surface area contributed by atoms with Crippen LogP contribution in [0.4, 0.5) is 0 Å². The molecule has 0 saturated carbocycles. The van der Waals surface area contributed by atoms with Crippen LogP contribution in [0.1, 0.15) is 23.5 Å². The Labute approximate surface area is 153 Å². The SMILES string of the molecule is C=CC[C@@H]1C(=O)Oc2cc(OC)cc(OC)c2[C@H]1c1cccc(OC)c1. The smallest absolute Gasteiger partial charge is 0.315 e. The number of methoxy groups -OCH3 is 3. The van der Waals surface area contributed by atoms with Gasteiger partial charge in [0, 0.05) is 23.6 Å². The minimum Gasteiger partial charge on any atom is -0.497 e. The number of fused-ring (bicyclic) bond motifs is 1. The molecular formula is C21H22O5. The first-order chi connectivity index (χ1) is 12.6. The molecule has 3 rings (SSSR count). The Morgan fingerprint density at radius 3 is 2.50 bits per heavy atom. The summed E-state index contributed by atoms with van der Waals surface area (Å²) in [5.41, 5.74) is 1.78. The summed E-state index contributed by atoms with van der Waals surface area (Å²) in [6, 6.07) is 11.2. The summed E-state index contributed by atoms with van der Waals surface area (Å²) in [5.74, 6) is 1.45. The Balaban J connectivity index is 2.24. The fourth-order valence-corrected chi connectivity index (χ4v) is 3.42. The number of carbonyl (C=O) groups is 1. The largest absolute Gasteiger partial charge is 0.497 e. The maximum Gasteiger partial charge on any atom is 0.315 e. The predicted octanol–water partition coefficient (Wildman–Crippen LogP) is 3.96. The highest BCUT2D eigenvalue weighted by Crippen LogP contribution is 2.49. The van der Waals surface area contributed by atoms with Crippen molar-refractivity contribution in [2.75, 3.05) is 21.3 Å². The first kappa shape index (κ1) is 17.9. The molecule has 5 heteroatoms. The Bertz CT molecular complexity index is 827. The van der Waals surface area contributed by atoms with Gasteiger partial charge in [-0.1, -0.05) is 18.2 Å². The molecule has 0 unspecified atom stereocenters. The van der Waals surface area contributed by atoms with Crippen LogP contribution in [0, 0.1) is 5.92 Å². The van der Waals surface area contributed by atoms with Gasteiger partial charge in [-0.05, 0) is 24.1 Å². The van der Waals surface area contributed by atoms with Gasteiger partial charge in [-0.3, -0.25) is 4.79 Å². The molecule has 2 aromatic rings. The van der Waals surface area contributed by atoms with Crippen LogP contribution in [0.2, 0.25) is 0 Å². The van der Waals surface area contributed by atoms with Crippen LogP contribution in [-0.2, 0) is 4.79 Å². The zero-order chi connectivity index (χ0) is 18.7. The maximum absolute atomic E-state index is 12.7. The summed E-state index contributed by atoms with van der Waals surface area (Å²) in [6.07, 6.45) is 2.23. The zero-order valence-electron chi connectivity index (χ0n) is 15.2. The van der Waals surface area contributed by atoms with Crippen molar-refractivity contribution in [1.29, 1.82) is 0 Å². The lowest BCUT2D eigenvalue weighted by Crippen LogP contribution is -2.32. The first-order valence-electron chi connectivity index (χ1n) is 8.35. The molecule has 0 spiro atoms. The normalized spacial score (nSPS) is 18.5. The van der Waals surface area contributed by atoms with Crippen LogP contribution in [0.15, 0.2) is 49.1 Å². The van der Waals surface area contributed by atoms with E-state index in [4.69, 9.17) is 18.9 Å². The number of rotatable bonds is 6. The van der Waals surface area contributed by atoms with Crippen LogP contribution in [0.3, 0.4) is 0 Å². The van der Waals surface area contributed by atoms with Crippen molar-refractivity contribution in [1.82, 2.24) is 0 Å². The Hall–Kier alpha value is -2.95. The van der Waals surface area contributed by atoms with E-state index in [1.54, 1.807) is 39.5 Å². The van der Waals surface area contributed by atoms with Crippen molar-refractivity contribution in [3.05, 3.63) is 60.2 Å². The molecule has 0 fully saturated rings. The molecule has 1 aliphatic rings. The summed E-state index contributed by atoms with van der Waals surface area (Å²) in [5, 5.41) is 0. The van der Waals surface area contributed by atoms with Gasteiger partial charge in [-0.15, -0.1) is 6.58 Å². The topological polar surface area (TPSA) is 54.0 Å². The molecule has 1 heterocycles. The van der Waals surface area contributed by atoms with Crippen LogP contribution in [0.5, 0.6) is 23.0 Å². The van der Waals surface area contributed by atoms with Gasteiger partial charge in [0.2, 0.25) is 0 Å². The predicted molar refractivity (Wildman–Crippen MR) is 98.3 cm³/mol. The molecule has 26 heavy (non-hydrogen) atoms. The van der Waals surface area contributed by atoms with Crippen LogP contribution < -0.4 is 18.9 Å². The third kappa shape index (κ3) is 3.12. The third-order valence-electron chi connectivity index (χ3n) is 4.63. The fourth-order valence-electron chi connectivity index (χ4n) is 3.42. The molecule has 0 N–H and O–H groups in total. The quantitative estimate of drug-likeness (QED) is 0.447. The Morgan fingerprint density at radius 2 is 1.85 bits per heavy atom. The molecular weight excluding hydrogens is 332 g/mol. The van der Waals surface area contributed by atoms with Crippen molar-refractivity contribution in [3.8, 4) is 23.0 Å². The van der Waals surface area contributed by atoms with Gasteiger partial charge in [0.1, 0.15) is 23.0 Å². The highest BCUT2D eigenvalue weighted by atomic mass is 16.5. The van der Waals surface area contributed by atoms with Gasteiger partial charge < -0.3 is 18.9 Å². The molecule has 0 bridgehead atoms. The standard InChI is InChI=1S/C21H22O5/c1-5-7-16-19(13-8-6-9-14(10-13)23-2)20-17(25-4)11-15(24-3)12-18(20)26-21(16)22/h5-6,8-12,16,19H,1,7H2,2-4H3/t16-,19-/m0/s1. The number of hydrogen-bond donors (Lipinski definition) is 0. The highest BCUT2D eigenvalue weighted by Gasteiger charge is 2.40. The zero-order valence-corrected chi connectivity index (χ0v) is 15.2. The van der Waals surface area contributed by atoms with Crippen molar-refractivity contribution >= 4 is 5.97 Å². The van der Waals surface area contributed by atoms with Crippen LogP contribution >= 0.6 is 0 Å². The minimum atomic E-state index is -0.394. The number of esters is 1. The lowest BCUT2D eigenvalue weighted by Gasteiger charge is -2.33. The Kier molecular flexibility index (Phi) is 5.16. The third-order valence-corrected chi connectivity index (χ3v) is 4.63. The van der Waals surface area contributed by atoms with Gasteiger partial charge in [0.15, 0.2) is 0 Å². The van der Waals surface area contributed by atoms with E-state index in [1.165, 1.54) is 0 Å². The molecule has 2 atom stereocenters. The van der Waals surface area contributed by atoms with E-state index in [0.717, 1.165) is 16.9 Å². The van der Waals surface area contributed by atoms with E-state index < -0.39 is 5.92 Å². The summed E-state index contributed by atoms with van der Waals surface area (Å²) in [7, 11) is 4.78. The van der Waals surface area contributed by atoms with Gasteiger partial charge >= 0.3 is 5.97 Å². The number of hydrogen-bond acceptors (Lipinski definition) is 5. The highest BCUT2D eigenvalue weighted by molar-refractivity contribution is 5.82. The van der Waals surface area contributed by atoms with E-state index in [2.05, 4.69) is 6.58 Å². The van der Waals surface area contributed by atoms with E-state index in [-0.39, 0.29) is 11.9 Å². The fraction of sp³-hybridized carbons (Fsp3) is 0.286. The van der Waals surface area contributed by atoms with Gasteiger partial charge in [-0.2, -0.15) is 0 Å². The summed E-state index contributed by atoms with van der Waals surface area (Å²) < 4.78 is 21.9. The number of allylic oxidation sites excluding steroid dienone is 1. The number of carbonyl (C=O) groups excluding carboxylic acids is 1. The molecule has 0 radical (unpaired) electrons. The van der Waals surface area contributed by atoms with Crippen molar-refractivity contribution in [2.45, 2.75) is 12.3 Å².